The molecule has 2 rings (SSSR count). The second-order valence-corrected chi connectivity index (χ2v) is 5.69. The Morgan fingerprint density at radius 2 is 2.00 bits per heavy atom. The minimum Gasteiger partial charge on any atom is -0.323 e. The summed E-state index contributed by atoms with van der Waals surface area (Å²) < 4.78 is 0. The summed E-state index contributed by atoms with van der Waals surface area (Å²) in [6.07, 6.45) is 2.44. The first-order valence-electron chi connectivity index (χ1n) is 7.43. The molecule has 1 heterocycles. The average Bonchev–Trinajstić information content (AvgIpc) is 2.61. The second-order valence-electron chi connectivity index (χ2n) is 5.69. The molecule has 0 saturated carbocycles. The molecule has 0 amide bonds. The third-order valence-corrected chi connectivity index (χ3v) is 4.15. The van der Waals surface area contributed by atoms with Crippen LogP contribution in [0.15, 0.2) is 30.3 Å². The van der Waals surface area contributed by atoms with Crippen LogP contribution in [0.5, 0.6) is 0 Å². The number of rotatable bonds is 4. The van der Waals surface area contributed by atoms with E-state index in [0.29, 0.717) is 6.04 Å². The molecule has 19 heavy (non-hydrogen) atoms. The van der Waals surface area contributed by atoms with Crippen molar-refractivity contribution >= 4 is 0 Å². The summed E-state index contributed by atoms with van der Waals surface area (Å²) in [5.41, 5.74) is 7.62. The van der Waals surface area contributed by atoms with Crippen LogP contribution in [0.25, 0.3) is 0 Å². The molecule has 1 aliphatic heterocycles. The lowest BCUT2D eigenvalue weighted by Crippen LogP contribution is -2.43. The predicted octanol–water partition coefficient (Wildman–Crippen LogP) is 2.10. The maximum Gasteiger partial charge on any atom is 0.0424 e. The maximum absolute atomic E-state index is 6.37. The third kappa shape index (κ3) is 4.03. The Labute approximate surface area is 117 Å². The lowest BCUT2D eigenvalue weighted by atomic mass is 10.1. The number of nitrogens with two attached hydrogens (primary N) is 1. The molecule has 1 aromatic carbocycles. The number of benzene rings is 1. The van der Waals surface area contributed by atoms with Crippen LogP contribution in [0.1, 0.15) is 31.4 Å². The van der Waals surface area contributed by atoms with Gasteiger partial charge >= 0.3 is 0 Å². The zero-order chi connectivity index (χ0) is 13.7. The Bertz CT molecular complexity index is 366. The first-order valence-corrected chi connectivity index (χ1v) is 7.43. The van der Waals surface area contributed by atoms with Crippen LogP contribution in [-0.4, -0.2) is 49.1 Å². The van der Waals surface area contributed by atoms with Crippen molar-refractivity contribution in [1.82, 2.24) is 9.80 Å². The highest BCUT2D eigenvalue weighted by Gasteiger charge is 2.23. The fraction of sp³-hybridized carbons (Fsp3) is 0.625. The van der Waals surface area contributed by atoms with Gasteiger partial charge in [-0.05, 0) is 38.5 Å². The molecule has 3 nitrogen and oxygen atoms in total. The van der Waals surface area contributed by atoms with Gasteiger partial charge in [-0.25, -0.2) is 0 Å². The summed E-state index contributed by atoms with van der Waals surface area (Å²) in [5, 5.41) is 0. The molecule has 2 atom stereocenters. The summed E-state index contributed by atoms with van der Waals surface area (Å²) in [4.78, 5) is 5.03. The van der Waals surface area contributed by atoms with Crippen LogP contribution in [0, 0.1) is 0 Å². The largest absolute Gasteiger partial charge is 0.323 e. The van der Waals surface area contributed by atoms with Crippen molar-refractivity contribution in [2.24, 2.45) is 5.73 Å². The molecule has 0 spiro atoms. The van der Waals surface area contributed by atoms with Gasteiger partial charge in [0.1, 0.15) is 0 Å². The van der Waals surface area contributed by atoms with Crippen molar-refractivity contribution in [2.75, 3.05) is 33.2 Å². The van der Waals surface area contributed by atoms with Gasteiger partial charge in [-0.15, -0.1) is 0 Å². The molecule has 0 aliphatic carbocycles. The number of hydrogen-bond acceptors (Lipinski definition) is 3. The maximum atomic E-state index is 6.37. The smallest absolute Gasteiger partial charge is 0.0424 e. The molecule has 1 aromatic rings. The highest BCUT2D eigenvalue weighted by atomic mass is 15.2. The Balaban J connectivity index is 1.99. The summed E-state index contributed by atoms with van der Waals surface area (Å²) >= 11 is 0. The van der Waals surface area contributed by atoms with Gasteiger partial charge in [0.25, 0.3) is 0 Å². The van der Waals surface area contributed by atoms with E-state index < -0.39 is 0 Å². The first kappa shape index (κ1) is 14.5. The predicted molar refractivity (Wildman–Crippen MR) is 81.1 cm³/mol. The first-order chi connectivity index (χ1) is 9.20. The van der Waals surface area contributed by atoms with Gasteiger partial charge in [-0.2, -0.15) is 0 Å². The molecule has 2 N–H and O–H groups in total. The normalized spacial score (nSPS) is 24.1. The van der Waals surface area contributed by atoms with Crippen LogP contribution in [-0.2, 0) is 0 Å². The second kappa shape index (κ2) is 7.04. The van der Waals surface area contributed by atoms with Gasteiger partial charge in [0.15, 0.2) is 0 Å². The lowest BCUT2D eigenvalue weighted by Gasteiger charge is -2.32. The van der Waals surface area contributed by atoms with Gasteiger partial charge in [-0.1, -0.05) is 37.3 Å². The molecular weight excluding hydrogens is 234 g/mol. The summed E-state index contributed by atoms with van der Waals surface area (Å²) in [6.45, 7) is 6.79. The number of likely N-dealkylation sites (N-methyl/N-ethyl adjacent to an activating group) is 1. The molecule has 0 radical (unpaired) electrons. The highest BCUT2D eigenvalue weighted by molar-refractivity contribution is 5.18. The van der Waals surface area contributed by atoms with Gasteiger partial charge in [-0.3, -0.25) is 4.90 Å². The Morgan fingerprint density at radius 1 is 1.26 bits per heavy atom. The van der Waals surface area contributed by atoms with E-state index in [0.717, 1.165) is 13.1 Å². The zero-order valence-electron chi connectivity index (χ0n) is 12.3. The van der Waals surface area contributed by atoms with Crippen molar-refractivity contribution in [3.63, 3.8) is 0 Å². The van der Waals surface area contributed by atoms with Gasteiger partial charge < -0.3 is 10.6 Å². The fourth-order valence-corrected chi connectivity index (χ4v) is 2.98. The van der Waals surface area contributed by atoms with Gasteiger partial charge in [0.2, 0.25) is 0 Å². The van der Waals surface area contributed by atoms with E-state index in [4.69, 9.17) is 5.73 Å². The molecule has 106 valence electrons. The average molecular weight is 261 g/mol. The van der Waals surface area contributed by atoms with Crippen LogP contribution in [0.3, 0.4) is 0 Å². The summed E-state index contributed by atoms with van der Waals surface area (Å²) in [5.74, 6) is 0. The highest BCUT2D eigenvalue weighted by Crippen LogP contribution is 2.17. The van der Waals surface area contributed by atoms with Crippen molar-refractivity contribution in [1.29, 1.82) is 0 Å². The van der Waals surface area contributed by atoms with E-state index in [9.17, 15) is 0 Å². The monoisotopic (exact) mass is 261 g/mol. The van der Waals surface area contributed by atoms with Crippen LogP contribution >= 0.6 is 0 Å². The van der Waals surface area contributed by atoms with Crippen LogP contribution < -0.4 is 5.73 Å². The van der Waals surface area contributed by atoms with Gasteiger partial charge in [0.05, 0.1) is 0 Å². The molecule has 0 bridgehead atoms. The number of hydrogen-bond donors (Lipinski definition) is 1. The fourth-order valence-electron chi connectivity index (χ4n) is 2.98. The molecule has 1 aliphatic rings. The van der Waals surface area contributed by atoms with Crippen molar-refractivity contribution < 1.29 is 0 Å². The number of nitrogens with zero attached hydrogens (tertiary/aromatic N) is 2. The summed E-state index contributed by atoms with van der Waals surface area (Å²) in [6, 6.07) is 11.2. The van der Waals surface area contributed by atoms with Crippen molar-refractivity contribution in [2.45, 2.75) is 31.8 Å². The molecule has 3 heteroatoms. The minimum absolute atomic E-state index is 0.124. The molecular formula is C16H27N3. The van der Waals surface area contributed by atoms with E-state index in [1.807, 2.05) is 6.07 Å². The quantitative estimate of drug-likeness (QED) is 0.901. The molecule has 1 saturated heterocycles. The van der Waals surface area contributed by atoms with E-state index in [1.165, 1.54) is 31.5 Å². The van der Waals surface area contributed by atoms with Crippen LogP contribution in [0.4, 0.5) is 0 Å². The Kier molecular flexibility index (Phi) is 5.37. The Morgan fingerprint density at radius 3 is 2.68 bits per heavy atom. The van der Waals surface area contributed by atoms with E-state index in [2.05, 4.69) is 48.0 Å². The van der Waals surface area contributed by atoms with Crippen LogP contribution in [0.2, 0.25) is 0 Å². The standard InChI is InChI=1S/C16H27N3/c1-3-15-12-18(2)10-7-11-19(15)13-16(17)14-8-5-4-6-9-14/h4-6,8-9,15-16H,3,7,10-13,17H2,1-2H3. The minimum atomic E-state index is 0.124. The van der Waals surface area contributed by atoms with Gasteiger partial charge in [0, 0.05) is 25.2 Å². The van der Waals surface area contributed by atoms with E-state index in [1.54, 1.807) is 0 Å². The van der Waals surface area contributed by atoms with Crippen molar-refractivity contribution in [3.05, 3.63) is 35.9 Å². The topological polar surface area (TPSA) is 32.5 Å². The summed E-state index contributed by atoms with van der Waals surface area (Å²) in [7, 11) is 2.23. The Hall–Kier alpha value is -0.900. The zero-order valence-corrected chi connectivity index (χ0v) is 12.3. The molecule has 1 fully saturated rings. The third-order valence-electron chi connectivity index (χ3n) is 4.15. The molecule has 0 aromatic heterocycles. The van der Waals surface area contributed by atoms with E-state index in [-0.39, 0.29) is 6.04 Å². The molecule has 2 unspecified atom stereocenters. The van der Waals surface area contributed by atoms with Crippen molar-refractivity contribution in [3.8, 4) is 0 Å². The SMILES string of the molecule is CCC1CN(C)CCCN1CC(N)c1ccccc1. The van der Waals surface area contributed by atoms with E-state index >= 15 is 0 Å². The lowest BCUT2D eigenvalue weighted by molar-refractivity contribution is 0.174.